The molecule has 1 aromatic carbocycles. The van der Waals surface area contributed by atoms with Crippen LogP contribution in [-0.2, 0) is 4.79 Å². The minimum Gasteiger partial charge on any atom is -0.339 e. The normalized spacial score (nSPS) is 16.7. The van der Waals surface area contributed by atoms with Crippen LogP contribution in [0.4, 0.5) is 0 Å². The van der Waals surface area contributed by atoms with Gasteiger partial charge >= 0.3 is 0 Å². The Morgan fingerprint density at radius 2 is 1.90 bits per heavy atom. The Kier molecular flexibility index (Phi) is 6.24. The van der Waals surface area contributed by atoms with E-state index in [1.54, 1.807) is 12.4 Å². The maximum atomic E-state index is 12.9. The van der Waals surface area contributed by atoms with E-state index in [2.05, 4.69) is 27.0 Å². The van der Waals surface area contributed by atoms with E-state index < -0.39 is 0 Å². The van der Waals surface area contributed by atoms with Crippen molar-refractivity contribution in [3.05, 3.63) is 54.9 Å². The van der Waals surface area contributed by atoms with Crippen LogP contribution in [0.25, 0.3) is 17.1 Å². The molecule has 0 bridgehead atoms. The molecule has 1 unspecified atom stereocenters. The summed E-state index contributed by atoms with van der Waals surface area (Å²) in [6, 6.07) is 14.2. The average Bonchev–Trinajstić information content (AvgIpc) is 3.22. The van der Waals surface area contributed by atoms with Crippen molar-refractivity contribution in [2.45, 2.75) is 43.8 Å². The maximum absolute atomic E-state index is 12.9. The predicted molar refractivity (Wildman–Crippen MR) is 115 cm³/mol. The summed E-state index contributed by atoms with van der Waals surface area (Å²) >= 11 is 1.45. The molecule has 0 aliphatic carbocycles. The number of para-hydroxylation sites is 1. The lowest BCUT2D eigenvalue weighted by Gasteiger charge is -2.35. The number of amides is 1. The molecule has 4 rings (SSSR count). The van der Waals surface area contributed by atoms with Gasteiger partial charge in [-0.3, -0.25) is 14.3 Å². The molecule has 3 heterocycles. The van der Waals surface area contributed by atoms with Gasteiger partial charge in [-0.25, -0.2) is 0 Å². The Bertz CT molecular complexity index is 944. The molecule has 150 valence electrons. The minimum absolute atomic E-state index is 0.189. The van der Waals surface area contributed by atoms with Gasteiger partial charge in [0.15, 0.2) is 11.0 Å². The van der Waals surface area contributed by atoms with Crippen molar-refractivity contribution in [3.63, 3.8) is 0 Å². The molecule has 1 atom stereocenters. The van der Waals surface area contributed by atoms with Crippen LogP contribution in [0.15, 0.2) is 60.0 Å². The number of aromatic nitrogens is 4. The number of benzene rings is 1. The van der Waals surface area contributed by atoms with Gasteiger partial charge < -0.3 is 4.90 Å². The maximum Gasteiger partial charge on any atom is 0.233 e. The molecule has 1 aliphatic heterocycles. The summed E-state index contributed by atoms with van der Waals surface area (Å²) in [6.45, 7) is 3.03. The summed E-state index contributed by atoms with van der Waals surface area (Å²) in [6.07, 6.45) is 7.93. The third kappa shape index (κ3) is 4.34. The molecule has 1 aliphatic rings. The van der Waals surface area contributed by atoms with Gasteiger partial charge in [0.25, 0.3) is 0 Å². The topological polar surface area (TPSA) is 63.9 Å². The van der Waals surface area contributed by atoms with Gasteiger partial charge in [0.05, 0.1) is 5.75 Å². The van der Waals surface area contributed by atoms with Gasteiger partial charge in [-0.1, -0.05) is 36.9 Å². The summed E-state index contributed by atoms with van der Waals surface area (Å²) in [5.74, 6) is 1.31. The molecule has 29 heavy (non-hydrogen) atoms. The van der Waals surface area contributed by atoms with E-state index in [4.69, 9.17) is 0 Å². The third-order valence-corrected chi connectivity index (χ3v) is 6.24. The lowest BCUT2D eigenvalue weighted by molar-refractivity contribution is -0.132. The number of hydrogen-bond donors (Lipinski definition) is 0. The molecule has 0 radical (unpaired) electrons. The lowest BCUT2D eigenvalue weighted by atomic mass is 10.0. The number of carbonyl (C=O) groups is 1. The Hall–Kier alpha value is -2.67. The fourth-order valence-corrected chi connectivity index (χ4v) is 4.66. The van der Waals surface area contributed by atoms with Crippen LogP contribution in [0.3, 0.4) is 0 Å². The van der Waals surface area contributed by atoms with Crippen LogP contribution in [0.1, 0.15) is 32.6 Å². The second-order valence-electron chi connectivity index (χ2n) is 7.15. The van der Waals surface area contributed by atoms with E-state index in [1.807, 2.05) is 47.0 Å². The molecule has 0 saturated carbocycles. The van der Waals surface area contributed by atoms with Crippen LogP contribution >= 0.6 is 11.8 Å². The highest BCUT2D eigenvalue weighted by Gasteiger charge is 2.26. The van der Waals surface area contributed by atoms with E-state index >= 15 is 0 Å². The number of nitrogens with zero attached hydrogens (tertiary/aromatic N) is 5. The zero-order valence-electron chi connectivity index (χ0n) is 16.6. The van der Waals surface area contributed by atoms with Crippen LogP contribution in [0.2, 0.25) is 0 Å². The van der Waals surface area contributed by atoms with Gasteiger partial charge in [0.1, 0.15) is 0 Å². The van der Waals surface area contributed by atoms with Gasteiger partial charge in [0.2, 0.25) is 5.91 Å². The molecular formula is C22H25N5OS. The monoisotopic (exact) mass is 407 g/mol. The Morgan fingerprint density at radius 3 is 2.66 bits per heavy atom. The predicted octanol–water partition coefficient (Wildman–Crippen LogP) is 4.21. The number of rotatable bonds is 6. The molecule has 1 amide bonds. The molecular weight excluding hydrogens is 382 g/mol. The first-order valence-corrected chi connectivity index (χ1v) is 11.1. The fourth-order valence-electron chi connectivity index (χ4n) is 3.82. The van der Waals surface area contributed by atoms with Crippen molar-refractivity contribution in [3.8, 4) is 17.1 Å². The number of thioether (sulfide) groups is 1. The number of piperidine rings is 1. The van der Waals surface area contributed by atoms with Crippen molar-refractivity contribution in [2.75, 3.05) is 12.3 Å². The number of pyridine rings is 1. The zero-order chi connectivity index (χ0) is 20.1. The lowest BCUT2D eigenvalue weighted by Crippen LogP contribution is -2.44. The van der Waals surface area contributed by atoms with Crippen LogP contribution in [-0.4, -0.2) is 48.9 Å². The molecule has 0 N–H and O–H groups in total. The average molecular weight is 408 g/mol. The van der Waals surface area contributed by atoms with Crippen molar-refractivity contribution >= 4 is 17.7 Å². The molecule has 6 nitrogen and oxygen atoms in total. The highest BCUT2D eigenvalue weighted by Crippen LogP contribution is 2.28. The van der Waals surface area contributed by atoms with Crippen molar-refractivity contribution in [2.24, 2.45) is 0 Å². The van der Waals surface area contributed by atoms with E-state index in [0.717, 1.165) is 48.0 Å². The third-order valence-electron chi connectivity index (χ3n) is 5.33. The SMILES string of the molecule is CCC1CCCCN1C(=O)CSc1nnc(-c2ccncc2)n1-c1ccccc1. The van der Waals surface area contributed by atoms with Crippen LogP contribution < -0.4 is 0 Å². The van der Waals surface area contributed by atoms with Crippen LogP contribution in [0.5, 0.6) is 0 Å². The van der Waals surface area contributed by atoms with Crippen molar-refractivity contribution < 1.29 is 4.79 Å². The van der Waals surface area contributed by atoms with Gasteiger partial charge in [0, 0.05) is 36.2 Å². The summed E-state index contributed by atoms with van der Waals surface area (Å²) in [5, 5.41) is 9.56. The summed E-state index contributed by atoms with van der Waals surface area (Å²) in [7, 11) is 0. The summed E-state index contributed by atoms with van der Waals surface area (Å²) in [4.78, 5) is 19.1. The number of likely N-dealkylation sites (tertiary alicyclic amines) is 1. The van der Waals surface area contributed by atoms with Gasteiger partial charge in [-0.2, -0.15) is 0 Å². The first-order chi connectivity index (χ1) is 14.3. The Morgan fingerprint density at radius 1 is 1.10 bits per heavy atom. The van der Waals surface area contributed by atoms with Crippen LogP contribution in [0, 0.1) is 0 Å². The largest absolute Gasteiger partial charge is 0.339 e. The Labute approximate surface area is 175 Å². The quantitative estimate of drug-likeness (QED) is 0.573. The fraction of sp³-hybridized carbons (Fsp3) is 0.364. The number of carbonyl (C=O) groups excluding carboxylic acids is 1. The van der Waals surface area contributed by atoms with E-state index in [0.29, 0.717) is 11.8 Å². The molecule has 3 aromatic rings. The zero-order valence-corrected chi connectivity index (χ0v) is 17.4. The van der Waals surface area contributed by atoms with E-state index in [-0.39, 0.29) is 5.91 Å². The smallest absolute Gasteiger partial charge is 0.233 e. The van der Waals surface area contributed by atoms with Gasteiger partial charge in [-0.05, 0) is 49.9 Å². The van der Waals surface area contributed by atoms with Crippen molar-refractivity contribution in [1.82, 2.24) is 24.6 Å². The first-order valence-electron chi connectivity index (χ1n) is 10.1. The summed E-state index contributed by atoms with van der Waals surface area (Å²) < 4.78 is 2.01. The molecule has 1 fully saturated rings. The Balaban J connectivity index is 1.59. The molecule has 2 aromatic heterocycles. The molecule has 1 saturated heterocycles. The second-order valence-corrected chi connectivity index (χ2v) is 8.09. The second kappa shape index (κ2) is 9.22. The number of hydrogen-bond acceptors (Lipinski definition) is 5. The van der Waals surface area contributed by atoms with Crippen molar-refractivity contribution in [1.29, 1.82) is 0 Å². The summed E-state index contributed by atoms with van der Waals surface area (Å²) in [5.41, 5.74) is 1.92. The van der Waals surface area contributed by atoms with E-state index in [9.17, 15) is 4.79 Å². The standard InChI is InChI=1S/C22H25N5OS/c1-2-18-8-6-7-15-26(18)20(28)16-29-22-25-24-21(17-11-13-23-14-12-17)27(22)19-9-4-3-5-10-19/h3-5,9-14,18H,2,6-8,15-16H2,1H3. The molecule has 0 spiro atoms. The highest BCUT2D eigenvalue weighted by atomic mass is 32.2. The highest BCUT2D eigenvalue weighted by molar-refractivity contribution is 7.99. The minimum atomic E-state index is 0.189. The molecule has 7 heteroatoms. The first kappa shape index (κ1) is 19.6. The van der Waals surface area contributed by atoms with Gasteiger partial charge in [-0.15, -0.1) is 10.2 Å². The van der Waals surface area contributed by atoms with E-state index in [1.165, 1.54) is 18.2 Å².